The number of hydrogen-bond donors (Lipinski definition) is 0. The first kappa shape index (κ1) is 23.7. The van der Waals surface area contributed by atoms with Crippen LogP contribution in [0.15, 0.2) is 78.4 Å². The molecular formula is C31H35NO3. The number of likely N-dealkylation sites (N-methyl/N-ethyl adjacent to an activating group) is 1. The van der Waals surface area contributed by atoms with Gasteiger partial charge in [-0.25, -0.2) is 0 Å². The largest absolute Gasteiger partial charge is 0.493 e. The van der Waals surface area contributed by atoms with Crippen LogP contribution in [0.5, 0.6) is 11.5 Å². The van der Waals surface area contributed by atoms with Crippen LogP contribution in [0, 0.1) is 6.92 Å². The molecule has 5 rings (SSSR count). The summed E-state index contributed by atoms with van der Waals surface area (Å²) < 4.78 is 18.4. The van der Waals surface area contributed by atoms with E-state index in [1.165, 1.54) is 22.3 Å². The summed E-state index contributed by atoms with van der Waals surface area (Å²) in [6.45, 7) is 5.28. The molecule has 3 aromatic rings. The van der Waals surface area contributed by atoms with E-state index in [1.807, 2.05) is 30.3 Å². The summed E-state index contributed by atoms with van der Waals surface area (Å²) in [5.41, 5.74) is 6.07. The normalized spacial score (nSPS) is 17.2. The van der Waals surface area contributed by atoms with Gasteiger partial charge < -0.3 is 14.2 Å². The highest BCUT2D eigenvalue weighted by atomic mass is 16.5. The van der Waals surface area contributed by atoms with Gasteiger partial charge in [0.05, 0.1) is 6.61 Å². The molecule has 0 saturated carbocycles. The topological polar surface area (TPSA) is 30.9 Å². The monoisotopic (exact) mass is 469 g/mol. The van der Waals surface area contributed by atoms with E-state index >= 15 is 0 Å². The fourth-order valence-corrected chi connectivity index (χ4v) is 4.95. The fourth-order valence-electron chi connectivity index (χ4n) is 4.95. The Bertz CT molecular complexity index is 1130. The van der Waals surface area contributed by atoms with Gasteiger partial charge in [0.25, 0.3) is 0 Å². The molecule has 182 valence electrons. The van der Waals surface area contributed by atoms with Crippen LogP contribution in [0.1, 0.15) is 30.4 Å². The zero-order valence-corrected chi connectivity index (χ0v) is 20.8. The molecule has 2 heterocycles. The molecule has 0 bridgehead atoms. The molecule has 0 radical (unpaired) electrons. The molecule has 0 aliphatic carbocycles. The Hall–Kier alpha value is -3.08. The van der Waals surface area contributed by atoms with Crippen molar-refractivity contribution in [1.29, 1.82) is 0 Å². The van der Waals surface area contributed by atoms with Crippen molar-refractivity contribution in [2.75, 3.05) is 33.4 Å². The van der Waals surface area contributed by atoms with Crippen LogP contribution in [-0.4, -0.2) is 50.5 Å². The highest BCUT2D eigenvalue weighted by Crippen LogP contribution is 2.33. The van der Waals surface area contributed by atoms with E-state index in [0.29, 0.717) is 12.6 Å². The lowest BCUT2D eigenvalue weighted by Gasteiger charge is -2.34. The zero-order valence-electron chi connectivity index (χ0n) is 20.8. The lowest BCUT2D eigenvalue weighted by Crippen LogP contribution is -2.43. The first-order valence-corrected chi connectivity index (χ1v) is 12.7. The minimum atomic E-state index is -0.0529. The molecule has 0 spiro atoms. The maximum atomic E-state index is 6.62. The van der Waals surface area contributed by atoms with Crippen molar-refractivity contribution in [3.8, 4) is 22.6 Å². The number of benzene rings is 3. The van der Waals surface area contributed by atoms with Gasteiger partial charge in [-0.2, -0.15) is 0 Å². The van der Waals surface area contributed by atoms with Crippen LogP contribution in [0.3, 0.4) is 0 Å². The quantitative estimate of drug-likeness (QED) is 0.401. The predicted octanol–water partition coefficient (Wildman–Crippen LogP) is 6.39. The Labute approximate surface area is 209 Å². The lowest BCUT2D eigenvalue weighted by molar-refractivity contribution is 0.0328. The SMILES string of the molecule is Cc1ccc(-c2ccc3c(c2)C=C(C(CN(C)C2CCOCC2)Oc2ccccc2)CCO3)cc1. The molecule has 0 amide bonds. The van der Waals surface area contributed by atoms with E-state index in [1.54, 1.807) is 0 Å². The average molecular weight is 470 g/mol. The van der Waals surface area contributed by atoms with Crippen molar-refractivity contribution in [1.82, 2.24) is 4.90 Å². The number of hydrogen-bond acceptors (Lipinski definition) is 4. The van der Waals surface area contributed by atoms with Crippen LogP contribution >= 0.6 is 0 Å². The van der Waals surface area contributed by atoms with E-state index < -0.39 is 0 Å². The predicted molar refractivity (Wildman–Crippen MR) is 142 cm³/mol. The van der Waals surface area contributed by atoms with Crippen molar-refractivity contribution >= 4 is 6.08 Å². The molecule has 2 aliphatic heterocycles. The molecule has 2 aliphatic rings. The number of ether oxygens (including phenoxy) is 3. The number of aryl methyl sites for hydroxylation is 1. The Kier molecular flexibility index (Phi) is 7.51. The molecule has 1 fully saturated rings. The van der Waals surface area contributed by atoms with Gasteiger partial charge in [-0.15, -0.1) is 0 Å². The maximum absolute atomic E-state index is 6.62. The molecule has 0 N–H and O–H groups in total. The summed E-state index contributed by atoms with van der Waals surface area (Å²) in [6, 6.07) is 25.9. The molecule has 3 aromatic carbocycles. The third kappa shape index (κ3) is 5.95. The minimum Gasteiger partial charge on any atom is -0.493 e. The van der Waals surface area contributed by atoms with Gasteiger partial charge in [-0.3, -0.25) is 4.90 Å². The van der Waals surface area contributed by atoms with Crippen molar-refractivity contribution in [3.05, 3.63) is 89.5 Å². The zero-order chi connectivity index (χ0) is 24.0. The Morgan fingerprint density at radius 2 is 1.66 bits per heavy atom. The fraction of sp³-hybridized carbons (Fsp3) is 0.355. The van der Waals surface area contributed by atoms with Crippen LogP contribution < -0.4 is 9.47 Å². The molecule has 0 aromatic heterocycles. The summed E-state index contributed by atoms with van der Waals surface area (Å²) in [6.07, 6.45) is 5.22. The van der Waals surface area contributed by atoms with Gasteiger partial charge in [0, 0.05) is 37.8 Å². The van der Waals surface area contributed by atoms with Crippen molar-refractivity contribution in [2.45, 2.75) is 38.3 Å². The Balaban J connectivity index is 1.45. The van der Waals surface area contributed by atoms with E-state index in [9.17, 15) is 0 Å². The summed E-state index contributed by atoms with van der Waals surface area (Å²) in [5.74, 6) is 1.84. The molecule has 4 heteroatoms. The third-order valence-electron chi connectivity index (χ3n) is 7.09. The number of rotatable bonds is 7. The Morgan fingerprint density at radius 1 is 0.914 bits per heavy atom. The second-order valence-electron chi connectivity index (χ2n) is 9.64. The van der Waals surface area contributed by atoms with Gasteiger partial charge in [0.1, 0.15) is 17.6 Å². The van der Waals surface area contributed by atoms with Gasteiger partial charge in [0.2, 0.25) is 0 Å². The third-order valence-corrected chi connectivity index (χ3v) is 7.09. The summed E-state index contributed by atoms with van der Waals surface area (Å²) in [7, 11) is 2.22. The molecule has 1 atom stereocenters. The van der Waals surface area contributed by atoms with Crippen molar-refractivity contribution < 1.29 is 14.2 Å². The maximum Gasteiger partial charge on any atom is 0.133 e. The second kappa shape index (κ2) is 11.1. The molecule has 1 saturated heterocycles. The summed E-state index contributed by atoms with van der Waals surface area (Å²) in [5, 5.41) is 0. The highest BCUT2D eigenvalue weighted by Gasteiger charge is 2.26. The van der Waals surface area contributed by atoms with E-state index in [4.69, 9.17) is 14.2 Å². The van der Waals surface area contributed by atoms with E-state index in [2.05, 4.69) is 67.4 Å². The smallest absolute Gasteiger partial charge is 0.133 e. The van der Waals surface area contributed by atoms with E-state index in [-0.39, 0.29) is 6.10 Å². The Morgan fingerprint density at radius 3 is 2.43 bits per heavy atom. The van der Waals surface area contributed by atoms with Gasteiger partial charge in [-0.05, 0) is 73.9 Å². The number of fused-ring (bicyclic) bond motifs is 1. The first-order chi connectivity index (χ1) is 17.2. The van der Waals surface area contributed by atoms with Gasteiger partial charge >= 0.3 is 0 Å². The second-order valence-corrected chi connectivity index (χ2v) is 9.64. The van der Waals surface area contributed by atoms with Crippen molar-refractivity contribution in [3.63, 3.8) is 0 Å². The van der Waals surface area contributed by atoms with Crippen molar-refractivity contribution in [2.24, 2.45) is 0 Å². The summed E-state index contributed by atoms with van der Waals surface area (Å²) >= 11 is 0. The van der Waals surface area contributed by atoms with Crippen LogP contribution in [0.2, 0.25) is 0 Å². The minimum absolute atomic E-state index is 0.0529. The molecule has 4 nitrogen and oxygen atoms in total. The highest BCUT2D eigenvalue weighted by molar-refractivity contribution is 5.72. The molecular weight excluding hydrogens is 434 g/mol. The average Bonchev–Trinajstić information content (AvgIpc) is 3.12. The van der Waals surface area contributed by atoms with Gasteiger partial charge in [0.15, 0.2) is 0 Å². The first-order valence-electron chi connectivity index (χ1n) is 12.7. The number of para-hydroxylation sites is 1. The molecule has 1 unspecified atom stereocenters. The molecule has 35 heavy (non-hydrogen) atoms. The van der Waals surface area contributed by atoms with Crippen LogP contribution in [-0.2, 0) is 4.74 Å². The van der Waals surface area contributed by atoms with E-state index in [0.717, 1.165) is 56.1 Å². The van der Waals surface area contributed by atoms with Crippen LogP contribution in [0.4, 0.5) is 0 Å². The summed E-state index contributed by atoms with van der Waals surface area (Å²) in [4.78, 5) is 2.45. The standard InChI is InChI=1S/C31H35NO3/c1-23-8-10-24(11-9-23)25-12-13-30-27(20-25)21-26(14-19-34-30)31(35-29-6-4-3-5-7-29)22-32(2)28-15-17-33-18-16-28/h3-13,20-21,28,31H,14-19,22H2,1-2H3. The van der Waals surface area contributed by atoms with Gasteiger partial charge in [-0.1, -0.05) is 54.1 Å². The number of nitrogens with zero attached hydrogens (tertiary/aromatic N) is 1. The van der Waals surface area contributed by atoms with Crippen LogP contribution in [0.25, 0.3) is 17.2 Å². The lowest BCUT2D eigenvalue weighted by atomic mass is 9.98.